The second kappa shape index (κ2) is 5.82. The van der Waals surface area contributed by atoms with Gasteiger partial charge in [0.1, 0.15) is 6.61 Å². The third-order valence-electron chi connectivity index (χ3n) is 2.98. The topological polar surface area (TPSA) is 45.6 Å². The van der Waals surface area contributed by atoms with Gasteiger partial charge in [-0.25, -0.2) is 4.98 Å². The van der Waals surface area contributed by atoms with Crippen LogP contribution in [0, 0.1) is 0 Å². The maximum Gasteiger partial charge on any atom is 0.213 e. The first-order chi connectivity index (χ1) is 7.90. The molecule has 2 heterocycles. The van der Waals surface area contributed by atoms with E-state index in [1.165, 1.54) is 6.42 Å². The van der Waals surface area contributed by atoms with Gasteiger partial charge in [-0.3, -0.25) is 4.90 Å². The number of pyridine rings is 1. The lowest BCUT2D eigenvalue weighted by Crippen LogP contribution is -2.35. The van der Waals surface area contributed by atoms with Crippen molar-refractivity contribution >= 4 is 0 Å². The van der Waals surface area contributed by atoms with Gasteiger partial charge >= 0.3 is 0 Å². The number of rotatable bonds is 5. The van der Waals surface area contributed by atoms with Crippen molar-refractivity contribution in [2.24, 2.45) is 0 Å². The van der Waals surface area contributed by atoms with Crippen LogP contribution in [0.3, 0.4) is 0 Å². The van der Waals surface area contributed by atoms with Gasteiger partial charge in [0.2, 0.25) is 5.88 Å². The zero-order valence-corrected chi connectivity index (χ0v) is 9.38. The Balaban J connectivity index is 1.72. The van der Waals surface area contributed by atoms with E-state index in [4.69, 9.17) is 9.84 Å². The largest absolute Gasteiger partial charge is 0.476 e. The first kappa shape index (κ1) is 11.4. The van der Waals surface area contributed by atoms with Crippen LogP contribution in [0.25, 0.3) is 0 Å². The molecule has 1 aliphatic heterocycles. The number of aliphatic hydroxyl groups excluding tert-OH is 1. The molecule has 0 spiro atoms. The molecular formula is C12H18N2O2. The Morgan fingerprint density at radius 3 is 3.19 bits per heavy atom. The first-order valence-electron chi connectivity index (χ1n) is 5.79. The Bertz CT molecular complexity index is 305. The summed E-state index contributed by atoms with van der Waals surface area (Å²) in [5.74, 6) is 0.669. The van der Waals surface area contributed by atoms with Crippen molar-refractivity contribution in [3.8, 4) is 5.88 Å². The van der Waals surface area contributed by atoms with Gasteiger partial charge in [-0.15, -0.1) is 0 Å². The van der Waals surface area contributed by atoms with Gasteiger partial charge in [-0.05, 0) is 25.5 Å². The van der Waals surface area contributed by atoms with Crippen LogP contribution in [0.5, 0.6) is 5.88 Å². The first-order valence-corrected chi connectivity index (χ1v) is 5.79. The molecule has 4 nitrogen and oxygen atoms in total. The van der Waals surface area contributed by atoms with Gasteiger partial charge in [0.25, 0.3) is 0 Å². The lowest BCUT2D eigenvalue weighted by molar-refractivity contribution is 0.138. The van der Waals surface area contributed by atoms with Crippen LogP contribution in [0.15, 0.2) is 24.4 Å². The fraction of sp³-hybridized carbons (Fsp3) is 0.583. The van der Waals surface area contributed by atoms with Crippen LogP contribution < -0.4 is 4.74 Å². The molecule has 16 heavy (non-hydrogen) atoms. The van der Waals surface area contributed by atoms with Crippen LogP contribution in [-0.4, -0.2) is 47.3 Å². The van der Waals surface area contributed by atoms with E-state index >= 15 is 0 Å². The van der Waals surface area contributed by atoms with Gasteiger partial charge < -0.3 is 9.84 Å². The summed E-state index contributed by atoms with van der Waals surface area (Å²) < 4.78 is 5.53. The smallest absolute Gasteiger partial charge is 0.213 e. The van der Waals surface area contributed by atoms with E-state index in [9.17, 15) is 0 Å². The van der Waals surface area contributed by atoms with E-state index in [1.54, 1.807) is 6.20 Å². The molecule has 0 amide bonds. The second-order valence-corrected chi connectivity index (χ2v) is 4.03. The zero-order chi connectivity index (χ0) is 11.2. The number of hydrogen-bond acceptors (Lipinski definition) is 4. The second-order valence-electron chi connectivity index (χ2n) is 4.03. The molecule has 0 radical (unpaired) electrons. The minimum Gasteiger partial charge on any atom is -0.476 e. The Kier molecular flexibility index (Phi) is 4.13. The molecule has 1 aliphatic rings. The molecule has 88 valence electrons. The van der Waals surface area contributed by atoms with Crippen molar-refractivity contribution in [2.75, 3.05) is 26.3 Å². The fourth-order valence-electron chi connectivity index (χ4n) is 2.10. The molecule has 0 saturated carbocycles. The van der Waals surface area contributed by atoms with Crippen molar-refractivity contribution in [1.29, 1.82) is 0 Å². The van der Waals surface area contributed by atoms with Crippen molar-refractivity contribution in [3.05, 3.63) is 24.4 Å². The van der Waals surface area contributed by atoms with E-state index in [0.29, 0.717) is 18.5 Å². The minimum atomic E-state index is 0.254. The maximum absolute atomic E-state index is 9.16. The summed E-state index contributed by atoms with van der Waals surface area (Å²) in [5.41, 5.74) is 0. The molecule has 2 rings (SSSR count). The number of aromatic nitrogens is 1. The molecule has 0 aromatic carbocycles. The quantitative estimate of drug-likeness (QED) is 0.804. The Hall–Kier alpha value is -1.13. The normalized spacial score (nSPS) is 21.2. The van der Waals surface area contributed by atoms with E-state index in [-0.39, 0.29) is 6.61 Å². The van der Waals surface area contributed by atoms with Crippen LogP contribution in [0.4, 0.5) is 0 Å². The minimum absolute atomic E-state index is 0.254. The summed E-state index contributed by atoms with van der Waals surface area (Å²) in [4.78, 5) is 6.37. The number of ether oxygens (including phenoxy) is 1. The van der Waals surface area contributed by atoms with Gasteiger partial charge in [0.05, 0.1) is 6.61 Å². The summed E-state index contributed by atoms with van der Waals surface area (Å²) >= 11 is 0. The highest BCUT2D eigenvalue weighted by Crippen LogP contribution is 2.15. The third kappa shape index (κ3) is 2.93. The van der Waals surface area contributed by atoms with Crippen molar-refractivity contribution in [2.45, 2.75) is 18.9 Å². The molecule has 1 atom stereocenters. The van der Waals surface area contributed by atoms with Crippen LogP contribution >= 0.6 is 0 Å². The van der Waals surface area contributed by atoms with Gasteiger partial charge in [0, 0.05) is 24.8 Å². The molecule has 1 N–H and O–H groups in total. The summed E-state index contributed by atoms with van der Waals surface area (Å²) in [6.07, 6.45) is 4.00. The Morgan fingerprint density at radius 2 is 2.44 bits per heavy atom. The third-order valence-corrected chi connectivity index (χ3v) is 2.98. The Morgan fingerprint density at radius 1 is 1.50 bits per heavy atom. The highest BCUT2D eigenvalue weighted by Gasteiger charge is 2.22. The van der Waals surface area contributed by atoms with E-state index < -0.39 is 0 Å². The average molecular weight is 222 g/mol. The fourth-order valence-corrected chi connectivity index (χ4v) is 2.10. The molecule has 1 saturated heterocycles. The van der Waals surface area contributed by atoms with Gasteiger partial charge in [-0.1, -0.05) is 6.07 Å². The average Bonchev–Trinajstić information content (AvgIpc) is 2.78. The van der Waals surface area contributed by atoms with Crippen molar-refractivity contribution in [3.63, 3.8) is 0 Å². The van der Waals surface area contributed by atoms with E-state index in [1.807, 2.05) is 18.2 Å². The van der Waals surface area contributed by atoms with Crippen molar-refractivity contribution < 1.29 is 9.84 Å². The molecule has 1 aromatic heterocycles. The molecule has 0 unspecified atom stereocenters. The summed E-state index contributed by atoms with van der Waals surface area (Å²) in [5, 5.41) is 9.16. The lowest BCUT2D eigenvalue weighted by Gasteiger charge is -2.22. The number of likely N-dealkylation sites (tertiary alicyclic amines) is 1. The van der Waals surface area contributed by atoms with E-state index in [2.05, 4.69) is 9.88 Å². The lowest BCUT2D eigenvalue weighted by atomic mass is 10.2. The zero-order valence-electron chi connectivity index (χ0n) is 9.38. The summed E-state index contributed by atoms with van der Waals surface area (Å²) in [6.45, 7) is 2.82. The van der Waals surface area contributed by atoms with Crippen molar-refractivity contribution in [1.82, 2.24) is 9.88 Å². The predicted molar refractivity (Wildman–Crippen MR) is 61.4 cm³/mol. The molecule has 0 aliphatic carbocycles. The van der Waals surface area contributed by atoms with Crippen LogP contribution in [-0.2, 0) is 0 Å². The van der Waals surface area contributed by atoms with Gasteiger partial charge in [-0.2, -0.15) is 0 Å². The van der Waals surface area contributed by atoms with E-state index in [0.717, 1.165) is 19.5 Å². The Labute approximate surface area is 95.9 Å². The maximum atomic E-state index is 9.16. The molecule has 4 heteroatoms. The summed E-state index contributed by atoms with van der Waals surface area (Å²) in [7, 11) is 0. The monoisotopic (exact) mass is 222 g/mol. The molecular weight excluding hydrogens is 204 g/mol. The molecule has 1 aromatic rings. The van der Waals surface area contributed by atoms with Gasteiger partial charge in [0.15, 0.2) is 0 Å². The summed E-state index contributed by atoms with van der Waals surface area (Å²) in [6, 6.07) is 5.96. The highest BCUT2D eigenvalue weighted by atomic mass is 16.5. The standard InChI is InChI=1S/C12H18N2O2/c15-10-11-4-3-7-14(11)8-9-16-12-5-1-2-6-13-12/h1-2,5-6,11,15H,3-4,7-10H2/t11-/m1/s1. The van der Waals surface area contributed by atoms with Crippen LogP contribution in [0.2, 0.25) is 0 Å². The highest BCUT2D eigenvalue weighted by molar-refractivity contribution is 5.08. The SMILES string of the molecule is OC[C@H]1CCCN1CCOc1ccccn1. The molecule has 1 fully saturated rings. The number of aliphatic hydroxyl groups is 1. The van der Waals surface area contributed by atoms with Crippen LogP contribution in [0.1, 0.15) is 12.8 Å². The number of nitrogens with zero attached hydrogens (tertiary/aromatic N) is 2. The number of hydrogen-bond donors (Lipinski definition) is 1. The molecule has 0 bridgehead atoms. The predicted octanol–water partition coefficient (Wildman–Crippen LogP) is 0.917.